The maximum Gasteiger partial charge on any atom is 0.150 e. The highest BCUT2D eigenvalue weighted by molar-refractivity contribution is 6.13. The molecule has 131 valence electrons. The number of benzene rings is 5. The molecule has 0 aliphatic carbocycles. The van der Waals surface area contributed by atoms with Crippen molar-refractivity contribution in [2.24, 2.45) is 0 Å². The summed E-state index contributed by atoms with van der Waals surface area (Å²) in [6, 6.07) is 36.7. The molecular formula is C27H17O. The monoisotopic (exact) mass is 357 g/mol. The van der Waals surface area contributed by atoms with Crippen molar-refractivity contribution in [1.82, 2.24) is 0 Å². The van der Waals surface area contributed by atoms with Gasteiger partial charge in [0, 0.05) is 5.56 Å². The zero-order valence-electron chi connectivity index (χ0n) is 15.2. The molecule has 1 heteroatoms. The molecule has 1 radical (unpaired) electrons. The fourth-order valence-corrected chi connectivity index (χ4v) is 3.81. The Morgan fingerprint density at radius 1 is 0.571 bits per heavy atom. The summed E-state index contributed by atoms with van der Waals surface area (Å²) in [5.74, 6) is 0. The molecular weight excluding hydrogens is 340 g/mol. The predicted molar refractivity (Wildman–Crippen MR) is 117 cm³/mol. The molecule has 0 aliphatic heterocycles. The molecule has 5 aromatic rings. The minimum Gasteiger partial charge on any atom is -0.298 e. The molecule has 0 saturated heterocycles. The number of aldehydes is 1. The molecule has 0 amide bonds. The van der Waals surface area contributed by atoms with Gasteiger partial charge in [0.1, 0.15) is 6.29 Å². The van der Waals surface area contributed by atoms with Crippen LogP contribution >= 0.6 is 0 Å². The first-order valence-electron chi connectivity index (χ1n) is 9.32. The maximum absolute atomic E-state index is 11.0. The van der Waals surface area contributed by atoms with Crippen molar-refractivity contribution in [3.63, 3.8) is 0 Å². The molecule has 0 heterocycles. The number of carbonyl (C=O) groups excluding carboxylic acids is 1. The van der Waals surface area contributed by atoms with Gasteiger partial charge in [-0.2, -0.15) is 0 Å². The number of fused-ring (bicyclic) bond motifs is 2. The highest BCUT2D eigenvalue weighted by Crippen LogP contribution is 2.37. The number of carbonyl (C=O) groups is 1. The van der Waals surface area contributed by atoms with Crippen LogP contribution in [-0.2, 0) is 0 Å². The quantitative estimate of drug-likeness (QED) is 0.252. The van der Waals surface area contributed by atoms with Gasteiger partial charge in [0.25, 0.3) is 0 Å². The fourth-order valence-electron chi connectivity index (χ4n) is 3.81. The summed E-state index contributed by atoms with van der Waals surface area (Å²) in [5, 5.41) is 4.61. The van der Waals surface area contributed by atoms with E-state index in [9.17, 15) is 4.79 Å². The summed E-state index contributed by atoms with van der Waals surface area (Å²) in [7, 11) is 0. The average Bonchev–Trinajstić information content (AvgIpc) is 2.78. The molecule has 0 aromatic heterocycles. The Balaban J connectivity index is 1.82. The smallest absolute Gasteiger partial charge is 0.150 e. The van der Waals surface area contributed by atoms with E-state index in [-0.39, 0.29) is 0 Å². The third-order valence-corrected chi connectivity index (χ3v) is 5.20. The van der Waals surface area contributed by atoms with Crippen molar-refractivity contribution < 1.29 is 4.79 Å². The van der Waals surface area contributed by atoms with Gasteiger partial charge < -0.3 is 0 Å². The van der Waals surface area contributed by atoms with Crippen molar-refractivity contribution in [3.8, 4) is 22.3 Å². The Hall–Kier alpha value is -3.71. The van der Waals surface area contributed by atoms with Crippen molar-refractivity contribution >= 4 is 27.8 Å². The largest absolute Gasteiger partial charge is 0.298 e. The van der Waals surface area contributed by atoms with Gasteiger partial charge in [0.15, 0.2) is 0 Å². The van der Waals surface area contributed by atoms with Crippen molar-refractivity contribution in [3.05, 3.63) is 109 Å². The van der Waals surface area contributed by atoms with E-state index < -0.39 is 0 Å². The Morgan fingerprint density at radius 2 is 1.25 bits per heavy atom. The van der Waals surface area contributed by atoms with Crippen LogP contribution in [0.15, 0.2) is 97.1 Å². The SMILES string of the molecule is O=Cc1ccc(-c2ccc3[c]c4ccccc4c(-c4ccccc4)c3c2)cc1. The summed E-state index contributed by atoms with van der Waals surface area (Å²) in [5.41, 5.74) is 5.35. The van der Waals surface area contributed by atoms with Gasteiger partial charge in [0.05, 0.1) is 0 Å². The van der Waals surface area contributed by atoms with Crippen LogP contribution in [0, 0.1) is 6.07 Å². The first-order chi connectivity index (χ1) is 13.8. The molecule has 1 nitrogen and oxygen atoms in total. The predicted octanol–water partition coefficient (Wildman–Crippen LogP) is 6.94. The van der Waals surface area contributed by atoms with Crippen LogP contribution in [-0.4, -0.2) is 6.29 Å². The topological polar surface area (TPSA) is 17.1 Å². The molecule has 5 aromatic carbocycles. The Labute approximate surface area is 163 Å². The zero-order valence-corrected chi connectivity index (χ0v) is 15.2. The lowest BCUT2D eigenvalue weighted by molar-refractivity contribution is 0.112. The van der Waals surface area contributed by atoms with Gasteiger partial charge in [-0.1, -0.05) is 91.0 Å². The summed E-state index contributed by atoms with van der Waals surface area (Å²) in [4.78, 5) is 11.0. The van der Waals surface area contributed by atoms with E-state index in [1.54, 1.807) is 0 Å². The van der Waals surface area contributed by atoms with Crippen LogP contribution in [0.2, 0.25) is 0 Å². The van der Waals surface area contributed by atoms with E-state index in [0.29, 0.717) is 5.56 Å². The van der Waals surface area contributed by atoms with Gasteiger partial charge in [-0.15, -0.1) is 0 Å². The second-order valence-corrected chi connectivity index (χ2v) is 6.91. The molecule has 0 unspecified atom stereocenters. The highest BCUT2D eigenvalue weighted by atomic mass is 16.1. The first-order valence-corrected chi connectivity index (χ1v) is 9.32. The van der Waals surface area contributed by atoms with Gasteiger partial charge in [-0.05, 0) is 55.9 Å². The normalized spacial score (nSPS) is 11.0. The summed E-state index contributed by atoms with van der Waals surface area (Å²) >= 11 is 0. The molecule has 0 fully saturated rings. The molecule has 0 spiro atoms. The van der Waals surface area contributed by atoms with Gasteiger partial charge in [0.2, 0.25) is 0 Å². The summed E-state index contributed by atoms with van der Waals surface area (Å²) in [6.45, 7) is 0. The van der Waals surface area contributed by atoms with E-state index >= 15 is 0 Å². The molecule has 5 rings (SSSR count). The molecule has 0 saturated carbocycles. The van der Waals surface area contributed by atoms with Gasteiger partial charge in [-0.3, -0.25) is 4.79 Å². The van der Waals surface area contributed by atoms with Crippen LogP contribution in [0.4, 0.5) is 0 Å². The van der Waals surface area contributed by atoms with Crippen molar-refractivity contribution in [2.75, 3.05) is 0 Å². The van der Waals surface area contributed by atoms with E-state index in [1.807, 2.05) is 30.3 Å². The van der Waals surface area contributed by atoms with Crippen LogP contribution in [0.1, 0.15) is 10.4 Å². The second kappa shape index (κ2) is 6.79. The van der Waals surface area contributed by atoms with Crippen molar-refractivity contribution in [2.45, 2.75) is 0 Å². The minimum atomic E-state index is 0.689. The van der Waals surface area contributed by atoms with Crippen molar-refractivity contribution in [1.29, 1.82) is 0 Å². The van der Waals surface area contributed by atoms with Crippen LogP contribution < -0.4 is 0 Å². The Bertz CT molecular complexity index is 1300. The maximum atomic E-state index is 11.0. The van der Waals surface area contributed by atoms with Crippen LogP contribution in [0.25, 0.3) is 43.8 Å². The third kappa shape index (κ3) is 2.78. The third-order valence-electron chi connectivity index (χ3n) is 5.20. The molecule has 0 N–H and O–H groups in total. The first kappa shape index (κ1) is 16.5. The van der Waals surface area contributed by atoms with E-state index in [4.69, 9.17) is 0 Å². The fraction of sp³-hybridized carbons (Fsp3) is 0. The van der Waals surface area contributed by atoms with Gasteiger partial charge >= 0.3 is 0 Å². The summed E-state index contributed by atoms with van der Waals surface area (Å²) < 4.78 is 0. The lowest BCUT2D eigenvalue weighted by atomic mass is 9.90. The highest BCUT2D eigenvalue weighted by Gasteiger charge is 2.11. The average molecular weight is 357 g/mol. The van der Waals surface area contributed by atoms with E-state index in [2.05, 4.69) is 72.8 Å². The number of hydrogen-bond donors (Lipinski definition) is 0. The Morgan fingerprint density at radius 3 is 2.04 bits per heavy atom. The minimum absolute atomic E-state index is 0.689. The molecule has 0 atom stereocenters. The number of hydrogen-bond acceptors (Lipinski definition) is 1. The van der Waals surface area contributed by atoms with Crippen LogP contribution in [0.3, 0.4) is 0 Å². The van der Waals surface area contributed by atoms with E-state index in [1.165, 1.54) is 21.9 Å². The van der Waals surface area contributed by atoms with E-state index in [0.717, 1.165) is 28.2 Å². The number of rotatable bonds is 3. The standard InChI is InChI=1S/C27H17O/c28-18-19-10-12-20(13-11-19)22-14-15-24-16-23-8-4-5-9-25(23)27(26(24)17-22)21-6-2-1-3-7-21/h1-15,17-18H. The molecule has 0 bridgehead atoms. The van der Waals surface area contributed by atoms with Gasteiger partial charge in [-0.25, -0.2) is 0 Å². The summed E-state index contributed by atoms with van der Waals surface area (Å²) in [6.07, 6.45) is 0.874. The lowest BCUT2D eigenvalue weighted by Gasteiger charge is -2.13. The molecule has 28 heavy (non-hydrogen) atoms. The molecule has 0 aliphatic rings. The second-order valence-electron chi connectivity index (χ2n) is 6.91. The van der Waals surface area contributed by atoms with Crippen LogP contribution in [0.5, 0.6) is 0 Å². The lowest BCUT2D eigenvalue weighted by Crippen LogP contribution is -1.87. The Kier molecular flexibility index (Phi) is 3.99. The zero-order chi connectivity index (χ0) is 18.9.